The van der Waals surface area contributed by atoms with E-state index in [9.17, 15) is 4.79 Å². The minimum Gasteiger partial charge on any atom is -0.313 e. The molecule has 0 radical (unpaired) electrons. The molecule has 3 nitrogen and oxygen atoms in total. The number of benzene rings is 1. The van der Waals surface area contributed by atoms with Crippen molar-refractivity contribution in [1.29, 1.82) is 0 Å². The molecule has 0 bridgehead atoms. The molecular formula is C13H9BrN2O. The molecule has 0 spiro atoms. The summed E-state index contributed by atoms with van der Waals surface area (Å²) >= 11 is 3.36. The van der Waals surface area contributed by atoms with E-state index in [1.165, 1.54) is 0 Å². The SMILES string of the molecule is CC#CC(=O)Nc1cccc2cc(Br)cnc12. The Morgan fingerprint density at radius 3 is 3.06 bits per heavy atom. The highest BCUT2D eigenvalue weighted by Crippen LogP contribution is 2.23. The van der Waals surface area contributed by atoms with Crippen LogP contribution in [0.2, 0.25) is 0 Å². The van der Waals surface area contributed by atoms with Crippen LogP contribution in [0, 0.1) is 11.8 Å². The minimum atomic E-state index is -0.329. The number of fused-ring (bicyclic) bond motifs is 1. The topological polar surface area (TPSA) is 42.0 Å². The van der Waals surface area contributed by atoms with Crippen molar-refractivity contribution in [3.05, 3.63) is 34.9 Å². The van der Waals surface area contributed by atoms with Gasteiger partial charge in [0.15, 0.2) is 0 Å². The number of carbonyl (C=O) groups excluding carboxylic acids is 1. The zero-order valence-electron chi connectivity index (χ0n) is 9.12. The monoisotopic (exact) mass is 288 g/mol. The molecule has 1 aromatic heterocycles. The fourth-order valence-corrected chi connectivity index (χ4v) is 1.85. The molecule has 0 fully saturated rings. The molecule has 0 saturated heterocycles. The molecule has 0 unspecified atom stereocenters. The van der Waals surface area contributed by atoms with E-state index in [1.807, 2.05) is 18.2 Å². The van der Waals surface area contributed by atoms with E-state index in [-0.39, 0.29) is 5.91 Å². The number of carbonyl (C=O) groups is 1. The molecule has 1 amide bonds. The summed E-state index contributed by atoms with van der Waals surface area (Å²) in [6.45, 7) is 1.62. The smallest absolute Gasteiger partial charge is 0.300 e. The molecule has 1 heterocycles. The number of hydrogen-bond acceptors (Lipinski definition) is 2. The molecule has 0 aliphatic heterocycles. The lowest BCUT2D eigenvalue weighted by Crippen LogP contribution is -2.08. The van der Waals surface area contributed by atoms with Crippen LogP contribution in [0.3, 0.4) is 0 Å². The lowest BCUT2D eigenvalue weighted by Gasteiger charge is -2.05. The Hall–Kier alpha value is -1.86. The quantitative estimate of drug-likeness (QED) is 0.820. The van der Waals surface area contributed by atoms with E-state index in [2.05, 4.69) is 38.1 Å². The first-order valence-electron chi connectivity index (χ1n) is 4.98. The van der Waals surface area contributed by atoms with Crippen molar-refractivity contribution >= 4 is 38.4 Å². The first-order valence-corrected chi connectivity index (χ1v) is 5.78. The first-order chi connectivity index (χ1) is 8.20. The van der Waals surface area contributed by atoms with Crippen LogP contribution in [-0.2, 0) is 4.79 Å². The van der Waals surface area contributed by atoms with Crippen molar-refractivity contribution in [2.24, 2.45) is 0 Å². The third kappa shape index (κ3) is 2.63. The second kappa shape index (κ2) is 4.98. The van der Waals surface area contributed by atoms with Crippen molar-refractivity contribution in [2.45, 2.75) is 6.92 Å². The van der Waals surface area contributed by atoms with Gasteiger partial charge in [-0.25, -0.2) is 0 Å². The summed E-state index contributed by atoms with van der Waals surface area (Å²) < 4.78 is 0.904. The molecule has 2 aromatic rings. The maximum absolute atomic E-state index is 11.4. The average Bonchev–Trinajstić information content (AvgIpc) is 2.29. The van der Waals surface area contributed by atoms with Crippen molar-refractivity contribution in [1.82, 2.24) is 4.98 Å². The van der Waals surface area contributed by atoms with Gasteiger partial charge in [0.1, 0.15) is 0 Å². The number of nitrogens with zero attached hydrogens (tertiary/aromatic N) is 1. The van der Waals surface area contributed by atoms with Crippen molar-refractivity contribution in [2.75, 3.05) is 5.32 Å². The molecule has 17 heavy (non-hydrogen) atoms. The van der Waals surface area contributed by atoms with Gasteiger partial charge < -0.3 is 5.32 Å². The Labute approximate surface area is 107 Å². The number of anilines is 1. The van der Waals surface area contributed by atoms with Crippen LogP contribution in [0.5, 0.6) is 0 Å². The number of halogens is 1. The van der Waals surface area contributed by atoms with Gasteiger partial charge in [-0.15, -0.1) is 0 Å². The van der Waals surface area contributed by atoms with Gasteiger partial charge >= 0.3 is 0 Å². The van der Waals surface area contributed by atoms with Gasteiger partial charge in [-0.1, -0.05) is 18.1 Å². The van der Waals surface area contributed by atoms with Crippen LogP contribution >= 0.6 is 15.9 Å². The van der Waals surface area contributed by atoms with Gasteiger partial charge in [-0.05, 0) is 40.9 Å². The molecule has 84 valence electrons. The third-order valence-corrected chi connectivity index (χ3v) is 2.60. The fourth-order valence-electron chi connectivity index (χ4n) is 1.50. The molecule has 4 heteroatoms. The molecule has 1 aromatic carbocycles. The highest BCUT2D eigenvalue weighted by Gasteiger charge is 2.04. The van der Waals surface area contributed by atoms with E-state index in [0.717, 1.165) is 15.4 Å². The predicted molar refractivity (Wildman–Crippen MR) is 71.5 cm³/mol. The summed E-state index contributed by atoms with van der Waals surface area (Å²) in [6.07, 6.45) is 1.70. The molecular weight excluding hydrogens is 280 g/mol. The Morgan fingerprint density at radius 2 is 2.29 bits per heavy atom. The maximum atomic E-state index is 11.4. The van der Waals surface area contributed by atoms with Gasteiger partial charge in [-0.2, -0.15) is 0 Å². The summed E-state index contributed by atoms with van der Waals surface area (Å²) in [6, 6.07) is 7.56. The van der Waals surface area contributed by atoms with E-state index in [1.54, 1.807) is 19.2 Å². The fraction of sp³-hybridized carbons (Fsp3) is 0.0769. The number of amides is 1. The zero-order valence-corrected chi connectivity index (χ0v) is 10.7. The maximum Gasteiger partial charge on any atom is 0.300 e. The van der Waals surface area contributed by atoms with Crippen LogP contribution in [0.15, 0.2) is 34.9 Å². The van der Waals surface area contributed by atoms with E-state index in [4.69, 9.17) is 0 Å². The number of hydrogen-bond donors (Lipinski definition) is 1. The summed E-state index contributed by atoms with van der Waals surface area (Å²) in [7, 11) is 0. The lowest BCUT2D eigenvalue weighted by atomic mass is 10.2. The Bertz CT molecular complexity index is 641. The van der Waals surface area contributed by atoms with Gasteiger partial charge in [0, 0.05) is 16.1 Å². The first kappa shape index (κ1) is 11.6. The second-order valence-electron chi connectivity index (χ2n) is 3.36. The Kier molecular flexibility index (Phi) is 3.40. The van der Waals surface area contributed by atoms with Crippen molar-refractivity contribution in [3.8, 4) is 11.8 Å². The summed E-state index contributed by atoms with van der Waals surface area (Å²) in [4.78, 5) is 15.7. The number of aromatic nitrogens is 1. The van der Waals surface area contributed by atoms with Crippen molar-refractivity contribution in [3.63, 3.8) is 0 Å². The van der Waals surface area contributed by atoms with Crippen LogP contribution < -0.4 is 5.32 Å². The van der Waals surface area contributed by atoms with Gasteiger partial charge in [0.05, 0.1) is 11.2 Å². The number of rotatable bonds is 1. The molecule has 0 aliphatic rings. The number of para-hydroxylation sites is 1. The highest BCUT2D eigenvalue weighted by atomic mass is 79.9. The minimum absolute atomic E-state index is 0.329. The molecule has 2 rings (SSSR count). The zero-order chi connectivity index (χ0) is 12.3. The number of nitrogens with one attached hydrogen (secondary N) is 1. The van der Waals surface area contributed by atoms with Crippen LogP contribution in [-0.4, -0.2) is 10.9 Å². The lowest BCUT2D eigenvalue weighted by molar-refractivity contribution is -0.111. The largest absolute Gasteiger partial charge is 0.313 e. The van der Waals surface area contributed by atoms with Gasteiger partial charge in [0.25, 0.3) is 5.91 Å². The predicted octanol–water partition coefficient (Wildman–Crippen LogP) is 2.96. The average molecular weight is 289 g/mol. The molecule has 0 atom stereocenters. The molecule has 0 saturated carbocycles. The molecule has 0 aliphatic carbocycles. The number of pyridine rings is 1. The van der Waals surface area contributed by atoms with E-state index < -0.39 is 0 Å². The van der Waals surface area contributed by atoms with Crippen LogP contribution in [0.4, 0.5) is 5.69 Å². The van der Waals surface area contributed by atoms with Crippen molar-refractivity contribution < 1.29 is 4.79 Å². The Morgan fingerprint density at radius 1 is 1.47 bits per heavy atom. The Balaban J connectivity index is 2.46. The van der Waals surface area contributed by atoms with Gasteiger partial charge in [0.2, 0.25) is 0 Å². The summed E-state index contributed by atoms with van der Waals surface area (Å²) in [5, 5.41) is 3.67. The molecule has 1 N–H and O–H groups in total. The van der Waals surface area contributed by atoms with Gasteiger partial charge in [-0.3, -0.25) is 9.78 Å². The second-order valence-corrected chi connectivity index (χ2v) is 4.28. The third-order valence-electron chi connectivity index (χ3n) is 2.16. The summed E-state index contributed by atoms with van der Waals surface area (Å²) in [5.74, 6) is 4.66. The standard InChI is InChI=1S/C13H9BrN2O/c1-2-4-12(17)16-11-6-3-5-9-7-10(14)8-15-13(9)11/h3,5-8H,1H3,(H,16,17). The van der Waals surface area contributed by atoms with E-state index in [0.29, 0.717) is 5.69 Å². The van der Waals surface area contributed by atoms with E-state index >= 15 is 0 Å². The highest BCUT2D eigenvalue weighted by molar-refractivity contribution is 9.10. The van der Waals surface area contributed by atoms with Crippen LogP contribution in [0.1, 0.15) is 6.92 Å². The van der Waals surface area contributed by atoms with Crippen LogP contribution in [0.25, 0.3) is 10.9 Å². The summed E-state index contributed by atoms with van der Waals surface area (Å²) in [5.41, 5.74) is 1.42. The normalized spacial score (nSPS) is 9.53.